The SMILES string of the molecule is COc1cccc2c1C(CC=O)CO2. The van der Waals surface area contributed by atoms with Crippen molar-refractivity contribution in [3.8, 4) is 11.5 Å². The second-order valence-corrected chi connectivity index (χ2v) is 3.28. The molecule has 3 heteroatoms. The van der Waals surface area contributed by atoms with Crippen LogP contribution < -0.4 is 9.47 Å². The molecule has 0 aromatic heterocycles. The van der Waals surface area contributed by atoms with Crippen LogP contribution in [0.3, 0.4) is 0 Å². The molecule has 0 amide bonds. The van der Waals surface area contributed by atoms with Gasteiger partial charge in [-0.15, -0.1) is 0 Å². The molecule has 0 bridgehead atoms. The molecule has 14 heavy (non-hydrogen) atoms. The quantitative estimate of drug-likeness (QED) is 0.684. The molecule has 1 atom stereocenters. The molecule has 0 radical (unpaired) electrons. The lowest BCUT2D eigenvalue weighted by atomic mass is 9.98. The summed E-state index contributed by atoms with van der Waals surface area (Å²) in [5.74, 6) is 1.81. The van der Waals surface area contributed by atoms with Crippen LogP contribution in [0.4, 0.5) is 0 Å². The van der Waals surface area contributed by atoms with E-state index in [-0.39, 0.29) is 5.92 Å². The molecule has 1 aromatic rings. The molecular weight excluding hydrogens is 180 g/mol. The summed E-state index contributed by atoms with van der Waals surface area (Å²) >= 11 is 0. The number of carbonyl (C=O) groups excluding carboxylic acids is 1. The normalized spacial score (nSPS) is 18.5. The molecule has 1 aromatic carbocycles. The van der Waals surface area contributed by atoms with E-state index in [0.717, 1.165) is 23.3 Å². The van der Waals surface area contributed by atoms with Crippen molar-refractivity contribution in [2.24, 2.45) is 0 Å². The highest BCUT2D eigenvalue weighted by molar-refractivity contribution is 5.57. The van der Waals surface area contributed by atoms with Crippen molar-refractivity contribution in [3.63, 3.8) is 0 Å². The predicted molar refractivity (Wildman–Crippen MR) is 51.9 cm³/mol. The van der Waals surface area contributed by atoms with Gasteiger partial charge in [-0.3, -0.25) is 0 Å². The Morgan fingerprint density at radius 3 is 3.21 bits per heavy atom. The number of methoxy groups -OCH3 is 1. The van der Waals surface area contributed by atoms with Gasteiger partial charge >= 0.3 is 0 Å². The molecule has 0 saturated heterocycles. The molecule has 3 nitrogen and oxygen atoms in total. The van der Waals surface area contributed by atoms with E-state index in [4.69, 9.17) is 9.47 Å². The number of aldehydes is 1. The molecule has 1 aliphatic rings. The van der Waals surface area contributed by atoms with Gasteiger partial charge < -0.3 is 14.3 Å². The minimum Gasteiger partial charge on any atom is -0.496 e. The largest absolute Gasteiger partial charge is 0.496 e. The van der Waals surface area contributed by atoms with Crippen molar-refractivity contribution < 1.29 is 14.3 Å². The molecule has 0 aliphatic carbocycles. The molecule has 0 fully saturated rings. The van der Waals surface area contributed by atoms with Crippen LogP contribution in [0.2, 0.25) is 0 Å². The van der Waals surface area contributed by atoms with Gasteiger partial charge in [0.05, 0.1) is 13.7 Å². The van der Waals surface area contributed by atoms with Crippen LogP contribution in [-0.2, 0) is 4.79 Å². The van der Waals surface area contributed by atoms with Crippen molar-refractivity contribution in [3.05, 3.63) is 23.8 Å². The lowest BCUT2D eigenvalue weighted by molar-refractivity contribution is -0.108. The Labute approximate surface area is 82.6 Å². The number of ether oxygens (including phenoxy) is 2. The fourth-order valence-electron chi connectivity index (χ4n) is 1.81. The minimum absolute atomic E-state index is 0.152. The first-order valence-corrected chi connectivity index (χ1v) is 4.60. The van der Waals surface area contributed by atoms with Crippen LogP contribution in [0.1, 0.15) is 17.9 Å². The summed E-state index contributed by atoms with van der Waals surface area (Å²) in [6, 6.07) is 5.69. The van der Waals surface area contributed by atoms with Gasteiger partial charge in [-0.25, -0.2) is 0 Å². The second-order valence-electron chi connectivity index (χ2n) is 3.28. The Morgan fingerprint density at radius 2 is 2.50 bits per heavy atom. The summed E-state index contributed by atoms with van der Waals surface area (Å²) in [5.41, 5.74) is 1.03. The van der Waals surface area contributed by atoms with Gasteiger partial charge in [0.2, 0.25) is 0 Å². The minimum atomic E-state index is 0.152. The van der Waals surface area contributed by atoms with E-state index >= 15 is 0 Å². The van der Waals surface area contributed by atoms with Gasteiger partial charge in [0, 0.05) is 17.9 Å². The number of fused-ring (bicyclic) bond motifs is 1. The first-order valence-electron chi connectivity index (χ1n) is 4.60. The van der Waals surface area contributed by atoms with Crippen LogP contribution in [-0.4, -0.2) is 20.0 Å². The highest BCUT2D eigenvalue weighted by atomic mass is 16.5. The number of hydrogen-bond donors (Lipinski definition) is 0. The van der Waals surface area contributed by atoms with Crippen LogP contribution in [0.15, 0.2) is 18.2 Å². The highest BCUT2D eigenvalue weighted by Gasteiger charge is 2.27. The maximum absolute atomic E-state index is 10.5. The van der Waals surface area contributed by atoms with E-state index in [1.165, 1.54) is 0 Å². The molecule has 1 aliphatic heterocycles. The predicted octanol–water partition coefficient (Wildman–Crippen LogP) is 1.76. The monoisotopic (exact) mass is 192 g/mol. The Bertz CT molecular complexity index is 346. The van der Waals surface area contributed by atoms with Crippen molar-refractivity contribution in [2.75, 3.05) is 13.7 Å². The van der Waals surface area contributed by atoms with Gasteiger partial charge in [-0.05, 0) is 12.1 Å². The highest BCUT2D eigenvalue weighted by Crippen LogP contribution is 2.41. The third-order valence-corrected chi connectivity index (χ3v) is 2.48. The van der Waals surface area contributed by atoms with Gasteiger partial charge in [-0.1, -0.05) is 6.07 Å². The standard InChI is InChI=1S/C11H12O3/c1-13-9-3-2-4-10-11(9)8(5-6-12)7-14-10/h2-4,6,8H,5,7H2,1H3. The van der Waals surface area contributed by atoms with E-state index in [9.17, 15) is 4.79 Å². The maximum atomic E-state index is 10.5. The van der Waals surface area contributed by atoms with Crippen LogP contribution in [0, 0.1) is 0 Å². The summed E-state index contributed by atoms with van der Waals surface area (Å²) in [4.78, 5) is 10.5. The molecule has 0 N–H and O–H groups in total. The first-order chi connectivity index (χ1) is 6.86. The smallest absolute Gasteiger partial charge is 0.126 e. The van der Waals surface area contributed by atoms with Gasteiger partial charge in [0.15, 0.2) is 0 Å². The zero-order valence-electron chi connectivity index (χ0n) is 8.03. The Balaban J connectivity index is 2.40. The third kappa shape index (κ3) is 1.35. The Hall–Kier alpha value is -1.51. The van der Waals surface area contributed by atoms with E-state index in [0.29, 0.717) is 13.0 Å². The Kier molecular flexibility index (Phi) is 2.39. The van der Waals surface area contributed by atoms with Crippen molar-refractivity contribution >= 4 is 6.29 Å². The Morgan fingerprint density at radius 1 is 1.64 bits per heavy atom. The van der Waals surface area contributed by atoms with Gasteiger partial charge in [-0.2, -0.15) is 0 Å². The molecule has 2 rings (SSSR count). The van der Waals surface area contributed by atoms with Crippen molar-refractivity contribution in [1.29, 1.82) is 0 Å². The summed E-state index contributed by atoms with van der Waals surface area (Å²) in [6.45, 7) is 0.578. The summed E-state index contributed by atoms with van der Waals surface area (Å²) in [6.07, 6.45) is 1.42. The molecule has 0 saturated carbocycles. The van der Waals surface area contributed by atoms with E-state index in [2.05, 4.69) is 0 Å². The summed E-state index contributed by atoms with van der Waals surface area (Å²) in [7, 11) is 1.63. The lowest BCUT2D eigenvalue weighted by Gasteiger charge is -2.08. The lowest BCUT2D eigenvalue weighted by Crippen LogP contribution is -2.02. The third-order valence-electron chi connectivity index (χ3n) is 2.48. The van der Waals surface area contributed by atoms with E-state index in [1.807, 2.05) is 18.2 Å². The van der Waals surface area contributed by atoms with Crippen LogP contribution in [0.5, 0.6) is 11.5 Å². The maximum Gasteiger partial charge on any atom is 0.126 e. The van der Waals surface area contributed by atoms with Gasteiger partial charge in [0.25, 0.3) is 0 Å². The van der Waals surface area contributed by atoms with Crippen molar-refractivity contribution in [2.45, 2.75) is 12.3 Å². The summed E-state index contributed by atoms with van der Waals surface area (Å²) in [5, 5.41) is 0. The molecule has 1 unspecified atom stereocenters. The second kappa shape index (κ2) is 3.70. The number of rotatable bonds is 3. The zero-order chi connectivity index (χ0) is 9.97. The number of hydrogen-bond acceptors (Lipinski definition) is 3. The number of benzene rings is 1. The molecule has 74 valence electrons. The average Bonchev–Trinajstić information content (AvgIpc) is 2.62. The summed E-state index contributed by atoms with van der Waals surface area (Å²) < 4.78 is 10.7. The fourth-order valence-corrected chi connectivity index (χ4v) is 1.81. The molecule has 0 spiro atoms. The van der Waals surface area contributed by atoms with Crippen LogP contribution >= 0.6 is 0 Å². The van der Waals surface area contributed by atoms with E-state index in [1.54, 1.807) is 7.11 Å². The average molecular weight is 192 g/mol. The zero-order valence-corrected chi connectivity index (χ0v) is 8.03. The fraction of sp³-hybridized carbons (Fsp3) is 0.364. The number of carbonyl (C=O) groups is 1. The van der Waals surface area contributed by atoms with Crippen LogP contribution in [0.25, 0.3) is 0 Å². The van der Waals surface area contributed by atoms with E-state index < -0.39 is 0 Å². The molecular formula is C11H12O3. The first kappa shape index (κ1) is 9.06. The topological polar surface area (TPSA) is 35.5 Å². The van der Waals surface area contributed by atoms with Crippen molar-refractivity contribution in [1.82, 2.24) is 0 Å². The molecule has 1 heterocycles. The van der Waals surface area contributed by atoms with Gasteiger partial charge in [0.1, 0.15) is 17.8 Å².